The Hall–Kier alpha value is -3.07. The van der Waals surface area contributed by atoms with Gasteiger partial charge in [-0.25, -0.2) is 8.42 Å². The van der Waals surface area contributed by atoms with Gasteiger partial charge in [-0.1, -0.05) is 41.1 Å². The zero-order valence-electron chi connectivity index (χ0n) is 22.3. The van der Waals surface area contributed by atoms with E-state index in [2.05, 4.69) is 4.90 Å². The molecule has 1 saturated heterocycles. The SMILES string of the molecule is Cc1ccc(Sc2ccc([N+](=O)[O-])cc2CN(CCCN2CCOCC2)S(=O)(=O)c2ccc(Cl)c([N+](=O)[O-])c2)cc1. The predicted molar refractivity (Wildman–Crippen MR) is 156 cm³/mol. The number of sulfonamides is 1. The summed E-state index contributed by atoms with van der Waals surface area (Å²) in [7, 11) is -4.26. The van der Waals surface area contributed by atoms with Gasteiger partial charge in [0, 0.05) is 54.2 Å². The highest BCUT2D eigenvalue weighted by atomic mass is 35.5. The van der Waals surface area contributed by atoms with E-state index in [4.69, 9.17) is 16.3 Å². The van der Waals surface area contributed by atoms with Crippen molar-refractivity contribution < 1.29 is 23.0 Å². The number of ether oxygens (including phenoxy) is 1. The molecule has 0 saturated carbocycles. The first-order valence-corrected chi connectivity index (χ1v) is 15.4. The van der Waals surface area contributed by atoms with Crippen LogP contribution in [-0.2, 0) is 21.3 Å². The van der Waals surface area contributed by atoms with Gasteiger partial charge in [0.2, 0.25) is 10.0 Å². The van der Waals surface area contributed by atoms with Gasteiger partial charge in [0.05, 0.1) is 28.0 Å². The number of aryl methyl sites for hydroxylation is 1. The van der Waals surface area contributed by atoms with Crippen molar-refractivity contribution in [3.8, 4) is 0 Å². The average molecular weight is 621 g/mol. The first-order valence-electron chi connectivity index (χ1n) is 12.8. The van der Waals surface area contributed by atoms with Crippen molar-refractivity contribution in [2.75, 3.05) is 39.4 Å². The number of non-ortho nitro benzene ring substituents is 1. The lowest BCUT2D eigenvalue weighted by Crippen LogP contribution is -2.39. The molecular formula is C27H29ClN4O7S2. The predicted octanol–water partition coefficient (Wildman–Crippen LogP) is 5.53. The number of nitro benzene ring substituents is 2. The van der Waals surface area contributed by atoms with Gasteiger partial charge in [-0.05, 0) is 55.8 Å². The lowest BCUT2D eigenvalue weighted by molar-refractivity contribution is -0.385. The number of hydrogen-bond acceptors (Lipinski definition) is 9. The fourth-order valence-electron chi connectivity index (χ4n) is 4.35. The number of rotatable bonds is 12. The minimum Gasteiger partial charge on any atom is -0.379 e. The van der Waals surface area contributed by atoms with E-state index in [1.807, 2.05) is 31.2 Å². The van der Waals surface area contributed by atoms with Crippen molar-refractivity contribution in [2.24, 2.45) is 0 Å². The second-order valence-electron chi connectivity index (χ2n) is 9.48. The molecule has 0 N–H and O–H groups in total. The Morgan fingerprint density at radius 3 is 2.37 bits per heavy atom. The third-order valence-electron chi connectivity index (χ3n) is 6.59. The second kappa shape index (κ2) is 13.7. The maximum absolute atomic E-state index is 13.9. The van der Waals surface area contributed by atoms with E-state index in [1.165, 1.54) is 40.3 Å². The molecule has 1 fully saturated rings. The van der Waals surface area contributed by atoms with Crippen LogP contribution in [-0.4, -0.2) is 66.9 Å². The van der Waals surface area contributed by atoms with Crippen LogP contribution >= 0.6 is 23.4 Å². The van der Waals surface area contributed by atoms with Gasteiger partial charge >= 0.3 is 0 Å². The Bertz CT molecular complexity index is 1510. The van der Waals surface area contributed by atoms with Crippen LogP contribution < -0.4 is 0 Å². The highest BCUT2D eigenvalue weighted by Gasteiger charge is 2.29. The molecule has 1 heterocycles. The van der Waals surface area contributed by atoms with E-state index >= 15 is 0 Å². The molecule has 0 amide bonds. The van der Waals surface area contributed by atoms with Crippen LogP contribution in [0, 0.1) is 27.2 Å². The summed E-state index contributed by atoms with van der Waals surface area (Å²) < 4.78 is 34.4. The molecule has 0 atom stereocenters. The van der Waals surface area contributed by atoms with Crippen molar-refractivity contribution >= 4 is 44.8 Å². The summed E-state index contributed by atoms with van der Waals surface area (Å²) in [5, 5.41) is 22.9. The number of hydrogen-bond donors (Lipinski definition) is 0. The van der Waals surface area contributed by atoms with Crippen molar-refractivity contribution in [3.05, 3.63) is 97.0 Å². The van der Waals surface area contributed by atoms with Crippen LogP contribution in [0.4, 0.5) is 11.4 Å². The second-order valence-corrected chi connectivity index (χ2v) is 12.9. The summed E-state index contributed by atoms with van der Waals surface area (Å²) in [5.74, 6) is 0. The third kappa shape index (κ3) is 8.03. The van der Waals surface area contributed by atoms with Gasteiger partial charge in [-0.2, -0.15) is 4.31 Å². The number of nitro groups is 2. The first-order chi connectivity index (χ1) is 19.5. The Morgan fingerprint density at radius 2 is 1.71 bits per heavy atom. The molecule has 14 heteroatoms. The molecule has 0 radical (unpaired) electrons. The van der Waals surface area contributed by atoms with Crippen molar-refractivity contribution in [1.29, 1.82) is 0 Å². The Morgan fingerprint density at radius 1 is 1.00 bits per heavy atom. The standard InChI is InChI=1S/C27H29ClN4O7S2/c1-20-3-6-23(7-4-20)40-27-10-5-22(31(33)34)17-21(27)19-30(12-2-11-29-13-15-39-16-14-29)41(37,38)24-8-9-25(28)26(18-24)32(35)36/h3-10,17-18H,2,11-16,19H2,1H3. The largest absolute Gasteiger partial charge is 0.379 e. The van der Waals surface area contributed by atoms with E-state index in [9.17, 15) is 28.6 Å². The summed E-state index contributed by atoms with van der Waals surface area (Å²) in [6.45, 7) is 5.18. The summed E-state index contributed by atoms with van der Waals surface area (Å²) in [6, 6.07) is 15.5. The quantitative estimate of drug-likeness (QED) is 0.189. The van der Waals surface area contributed by atoms with Crippen molar-refractivity contribution in [2.45, 2.75) is 34.6 Å². The van der Waals surface area contributed by atoms with E-state index in [0.717, 1.165) is 29.6 Å². The van der Waals surface area contributed by atoms with Gasteiger partial charge in [-0.3, -0.25) is 25.1 Å². The molecule has 11 nitrogen and oxygen atoms in total. The van der Waals surface area contributed by atoms with Crippen LogP contribution in [0.3, 0.4) is 0 Å². The molecule has 3 aromatic carbocycles. The summed E-state index contributed by atoms with van der Waals surface area (Å²) in [6.07, 6.45) is 0.476. The van der Waals surface area contributed by atoms with E-state index in [-0.39, 0.29) is 28.7 Å². The normalized spacial score (nSPS) is 14.3. The van der Waals surface area contributed by atoms with Crippen LogP contribution in [0.2, 0.25) is 5.02 Å². The Labute approximate surface area is 247 Å². The van der Waals surface area contributed by atoms with Gasteiger partial charge < -0.3 is 4.74 Å². The Balaban J connectivity index is 1.70. The van der Waals surface area contributed by atoms with E-state index in [1.54, 1.807) is 6.07 Å². The molecule has 0 spiro atoms. The minimum atomic E-state index is -4.26. The zero-order chi connectivity index (χ0) is 29.6. The number of nitrogens with zero attached hydrogens (tertiary/aromatic N) is 4. The molecule has 1 aliphatic heterocycles. The van der Waals surface area contributed by atoms with Crippen molar-refractivity contribution in [3.63, 3.8) is 0 Å². The van der Waals surface area contributed by atoms with E-state index in [0.29, 0.717) is 36.6 Å². The molecule has 0 bridgehead atoms. The summed E-state index contributed by atoms with van der Waals surface area (Å²) in [4.78, 5) is 25.3. The number of benzene rings is 3. The minimum absolute atomic E-state index is 0.0907. The van der Waals surface area contributed by atoms with E-state index < -0.39 is 25.6 Å². The van der Waals surface area contributed by atoms with Crippen LogP contribution in [0.15, 0.2) is 75.4 Å². The molecule has 3 aromatic rings. The molecule has 0 unspecified atom stereocenters. The molecule has 4 rings (SSSR count). The fourth-order valence-corrected chi connectivity index (χ4v) is 6.93. The Kier molecular flexibility index (Phi) is 10.3. The van der Waals surface area contributed by atoms with Gasteiger partial charge in [0.15, 0.2) is 0 Å². The highest BCUT2D eigenvalue weighted by Crippen LogP contribution is 2.35. The lowest BCUT2D eigenvalue weighted by atomic mass is 10.2. The van der Waals surface area contributed by atoms with Crippen LogP contribution in [0.5, 0.6) is 0 Å². The molecule has 41 heavy (non-hydrogen) atoms. The lowest BCUT2D eigenvalue weighted by Gasteiger charge is -2.28. The maximum atomic E-state index is 13.9. The topological polar surface area (TPSA) is 136 Å². The molecule has 218 valence electrons. The smallest absolute Gasteiger partial charge is 0.289 e. The molecule has 0 aliphatic carbocycles. The summed E-state index contributed by atoms with van der Waals surface area (Å²) >= 11 is 7.32. The molecule has 1 aliphatic rings. The highest BCUT2D eigenvalue weighted by molar-refractivity contribution is 7.99. The fraction of sp³-hybridized carbons (Fsp3) is 0.333. The van der Waals surface area contributed by atoms with Gasteiger partial charge in [0.1, 0.15) is 5.02 Å². The monoisotopic (exact) mass is 620 g/mol. The first kappa shape index (κ1) is 30.9. The van der Waals surface area contributed by atoms with Gasteiger partial charge in [0.25, 0.3) is 11.4 Å². The average Bonchev–Trinajstić information content (AvgIpc) is 2.95. The number of morpholine rings is 1. The third-order valence-corrected chi connectivity index (χ3v) is 9.87. The van der Waals surface area contributed by atoms with Crippen LogP contribution in [0.1, 0.15) is 17.5 Å². The van der Waals surface area contributed by atoms with Gasteiger partial charge in [-0.15, -0.1) is 0 Å². The molecule has 0 aromatic heterocycles. The number of halogens is 1. The summed E-state index contributed by atoms with van der Waals surface area (Å²) in [5.41, 5.74) is 0.837. The van der Waals surface area contributed by atoms with Crippen LogP contribution in [0.25, 0.3) is 0 Å². The zero-order valence-corrected chi connectivity index (χ0v) is 24.7. The molecular weight excluding hydrogens is 592 g/mol. The maximum Gasteiger partial charge on any atom is 0.289 e. The van der Waals surface area contributed by atoms with Crippen molar-refractivity contribution in [1.82, 2.24) is 9.21 Å².